The van der Waals surface area contributed by atoms with Gasteiger partial charge in [0.15, 0.2) is 23.1 Å². The standard InChI is InChI=1S/C15H20F2O4/c1-20-13-5-11(16)12(17)6-14(13)21-8-10-4-2-3-9(7-18)15(10)19/h5-6,9-10,15,18-19H,2-4,7-8H2,1H3/t9-,10?,15-/m1/s1. The van der Waals surface area contributed by atoms with Gasteiger partial charge in [-0.1, -0.05) is 6.42 Å². The molecule has 1 fully saturated rings. The summed E-state index contributed by atoms with van der Waals surface area (Å²) >= 11 is 0. The van der Waals surface area contributed by atoms with Gasteiger partial charge in [-0.15, -0.1) is 0 Å². The number of halogens is 2. The Kier molecular flexibility index (Phi) is 5.36. The van der Waals surface area contributed by atoms with Gasteiger partial charge < -0.3 is 19.7 Å². The fourth-order valence-corrected chi connectivity index (χ4v) is 2.73. The van der Waals surface area contributed by atoms with E-state index in [0.717, 1.165) is 31.4 Å². The van der Waals surface area contributed by atoms with Gasteiger partial charge in [-0.3, -0.25) is 0 Å². The predicted octanol–water partition coefficient (Wildman–Crippen LogP) is 2.12. The van der Waals surface area contributed by atoms with Crippen LogP contribution < -0.4 is 9.47 Å². The highest BCUT2D eigenvalue weighted by molar-refractivity contribution is 5.40. The molecule has 0 amide bonds. The summed E-state index contributed by atoms with van der Waals surface area (Å²) in [6.45, 7) is 0.102. The van der Waals surface area contributed by atoms with E-state index in [1.807, 2.05) is 0 Å². The van der Waals surface area contributed by atoms with Crippen molar-refractivity contribution in [3.8, 4) is 11.5 Å². The Morgan fingerprint density at radius 2 is 1.76 bits per heavy atom. The molecule has 4 nitrogen and oxygen atoms in total. The average molecular weight is 302 g/mol. The summed E-state index contributed by atoms with van der Waals surface area (Å²) in [6.07, 6.45) is 1.79. The molecule has 6 heteroatoms. The van der Waals surface area contributed by atoms with E-state index >= 15 is 0 Å². The minimum atomic E-state index is -1.01. The van der Waals surface area contributed by atoms with Crippen LogP contribution in [0.5, 0.6) is 11.5 Å². The molecule has 1 aliphatic rings. The van der Waals surface area contributed by atoms with Crippen molar-refractivity contribution in [2.24, 2.45) is 11.8 Å². The van der Waals surface area contributed by atoms with Gasteiger partial charge in [-0.2, -0.15) is 0 Å². The van der Waals surface area contributed by atoms with Crippen LogP contribution in [0, 0.1) is 23.5 Å². The van der Waals surface area contributed by atoms with E-state index in [1.54, 1.807) is 0 Å². The van der Waals surface area contributed by atoms with Crippen LogP contribution in [0.2, 0.25) is 0 Å². The highest BCUT2D eigenvalue weighted by Crippen LogP contribution is 2.33. The van der Waals surface area contributed by atoms with Gasteiger partial charge in [0.05, 0.1) is 19.8 Å². The Bertz CT molecular complexity index is 481. The lowest BCUT2D eigenvalue weighted by molar-refractivity contribution is -0.0227. The van der Waals surface area contributed by atoms with E-state index in [0.29, 0.717) is 0 Å². The van der Waals surface area contributed by atoms with Crippen molar-refractivity contribution in [1.82, 2.24) is 0 Å². The summed E-state index contributed by atoms with van der Waals surface area (Å²) in [5.41, 5.74) is 0. The number of rotatable bonds is 5. The molecule has 1 aromatic rings. The van der Waals surface area contributed by atoms with E-state index in [-0.39, 0.29) is 36.5 Å². The van der Waals surface area contributed by atoms with E-state index in [1.165, 1.54) is 7.11 Å². The Hall–Kier alpha value is -1.40. The van der Waals surface area contributed by atoms with E-state index < -0.39 is 17.7 Å². The van der Waals surface area contributed by atoms with Gasteiger partial charge in [0, 0.05) is 30.6 Å². The summed E-state index contributed by atoms with van der Waals surface area (Å²) in [6, 6.07) is 1.87. The quantitative estimate of drug-likeness (QED) is 0.875. The normalized spacial score (nSPS) is 25.7. The Morgan fingerprint density at radius 1 is 1.14 bits per heavy atom. The van der Waals surface area contributed by atoms with Gasteiger partial charge in [-0.25, -0.2) is 8.78 Å². The van der Waals surface area contributed by atoms with Gasteiger partial charge in [0.2, 0.25) is 0 Å². The van der Waals surface area contributed by atoms with Crippen LogP contribution in [-0.2, 0) is 0 Å². The van der Waals surface area contributed by atoms with Gasteiger partial charge in [0.25, 0.3) is 0 Å². The Labute approximate surface area is 122 Å². The summed E-state index contributed by atoms with van der Waals surface area (Å²) in [4.78, 5) is 0. The summed E-state index contributed by atoms with van der Waals surface area (Å²) in [5.74, 6) is -2.10. The zero-order chi connectivity index (χ0) is 15.4. The molecule has 0 saturated heterocycles. The van der Waals surface area contributed by atoms with Crippen LogP contribution in [0.25, 0.3) is 0 Å². The summed E-state index contributed by atoms with van der Waals surface area (Å²) in [5, 5.41) is 19.3. The van der Waals surface area contributed by atoms with Crippen molar-refractivity contribution < 1.29 is 28.5 Å². The van der Waals surface area contributed by atoms with Gasteiger partial charge in [0.1, 0.15) is 0 Å². The van der Waals surface area contributed by atoms with Crippen molar-refractivity contribution in [1.29, 1.82) is 0 Å². The third-order valence-electron chi connectivity index (χ3n) is 4.01. The molecule has 2 N–H and O–H groups in total. The molecule has 1 unspecified atom stereocenters. The average Bonchev–Trinajstić information content (AvgIpc) is 2.49. The summed E-state index contributed by atoms with van der Waals surface area (Å²) in [7, 11) is 1.34. The largest absolute Gasteiger partial charge is 0.493 e. The molecule has 1 aliphatic carbocycles. The van der Waals surface area contributed by atoms with Crippen molar-refractivity contribution >= 4 is 0 Å². The van der Waals surface area contributed by atoms with Crippen molar-refractivity contribution in [2.75, 3.05) is 20.3 Å². The molecular formula is C15H20F2O4. The van der Waals surface area contributed by atoms with Crippen LogP contribution in [0.4, 0.5) is 8.78 Å². The smallest absolute Gasteiger partial charge is 0.164 e. The number of hydrogen-bond donors (Lipinski definition) is 2. The maximum absolute atomic E-state index is 13.3. The number of methoxy groups -OCH3 is 1. The predicted molar refractivity (Wildman–Crippen MR) is 72.3 cm³/mol. The van der Waals surface area contributed by atoms with Crippen molar-refractivity contribution in [3.63, 3.8) is 0 Å². The number of ether oxygens (including phenoxy) is 2. The monoisotopic (exact) mass is 302 g/mol. The third kappa shape index (κ3) is 3.63. The second kappa shape index (κ2) is 7.04. The lowest BCUT2D eigenvalue weighted by atomic mass is 9.79. The zero-order valence-electron chi connectivity index (χ0n) is 11.9. The van der Waals surface area contributed by atoms with Crippen molar-refractivity contribution in [3.05, 3.63) is 23.8 Å². The van der Waals surface area contributed by atoms with E-state index in [4.69, 9.17) is 9.47 Å². The number of benzene rings is 1. The molecule has 0 aliphatic heterocycles. The van der Waals surface area contributed by atoms with Gasteiger partial charge >= 0.3 is 0 Å². The first-order valence-electron chi connectivity index (χ1n) is 7.01. The Balaban J connectivity index is 2.04. The molecule has 0 spiro atoms. The number of aliphatic hydroxyl groups is 2. The van der Waals surface area contributed by atoms with Gasteiger partial charge in [-0.05, 0) is 12.8 Å². The molecule has 21 heavy (non-hydrogen) atoms. The topological polar surface area (TPSA) is 58.9 Å². The molecule has 0 heterocycles. The van der Waals surface area contributed by atoms with Crippen molar-refractivity contribution in [2.45, 2.75) is 25.4 Å². The molecular weight excluding hydrogens is 282 g/mol. The first kappa shape index (κ1) is 16.0. The molecule has 118 valence electrons. The maximum Gasteiger partial charge on any atom is 0.164 e. The second-order valence-electron chi connectivity index (χ2n) is 5.35. The fraction of sp³-hybridized carbons (Fsp3) is 0.600. The zero-order valence-corrected chi connectivity index (χ0v) is 11.9. The molecule has 3 atom stereocenters. The van der Waals surface area contributed by atoms with E-state index in [2.05, 4.69) is 0 Å². The van der Waals surface area contributed by atoms with Crippen LogP contribution in [0.1, 0.15) is 19.3 Å². The SMILES string of the molecule is COc1cc(F)c(F)cc1OCC1CCC[C@H](CO)[C@H]1O. The highest BCUT2D eigenvalue weighted by Gasteiger charge is 2.32. The van der Waals surface area contributed by atoms with Crippen LogP contribution in [0.15, 0.2) is 12.1 Å². The lowest BCUT2D eigenvalue weighted by Crippen LogP contribution is -2.38. The molecule has 0 aromatic heterocycles. The second-order valence-corrected chi connectivity index (χ2v) is 5.35. The third-order valence-corrected chi connectivity index (χ3v) is 4.01. The molecule has 0 radical (unpaired) electrons. The molecule has 1 saturated carbocycles. The van der Waals surface area contributed by atoms with Crippen LogP contribution in [0.3, 0.4) is 0 Å². The lowest BCUT2D eigenvalue weighted by Gasteiger charge is -2.33. The first-order chi connectivity index (χ1) is 10.1. The molecule has 1 aromatic carbocycles. The van der Waals surface area contributed by atoms with Crippen LogP contribution >= 0.6 is 0 Å². The number of aliphatic hydroxyl groups excluding tert-OH is 2. The highest BCUT2D eigenvalue weighted by atomic mass is 19.2. The minimum Gasteiger partial charge on any atom is -0.493 e. The molecule has 2 rings (SSSR count). The molecule has 0 bridgehead atoms. The summed E-state index contributed by atoms with van der Waals surface area (Å²) < 4.78 is 36.8. The van der Waals surface area contributed by atoms with Crippen LogP contribution in [-0.4, -0.2) is 36.6 Å². The maximum atomic E-state index is 13.3. The number of hydrogen-bond acceptors (Lipinski definition) is 4. The fourth-order valence-electron chi connectivity index (χ4n) is 2.73. The van der Waals surface area contributed by atoms with E-state index in [9.17, 15) is 19.0 Å². The first-order valence-corrected chi connectivity index (χ1v) is 7.01. The minimum absolute atomic E-state index is 0.0633. The Morgan fingerprint density at radius 3 is 2.38 bits per heavy atom.